The van der Waals surface area contributed by atoms with Crippen LogP contribution in [0.1, 0.15) is 22.2 Å². The number of rotatable bonds is 3. The van der Waals surface area contributed by atoms with Gasteiger partial charge in [-0.15, -0.1) is 0 Å². The Kier molecular flexibility index (Phi) is 3.97. The molecule has 1 aliphatic rings. The van der Waals surface area contributed by atoms with Gasteiger partial charge < -0.3 is 18.8 Å². The van der Waals surface area contributed by atoms with Crippen LogP contribution in [0, 0.1) is 0 Å². The van der Waals surface area contributed by atoms with E-state index in [-0.39, 0.29) is 11.9 Å². The fourth-order valence-electron chi connectivity index (χ4n) is 3.34. The van der Waals surface area contributed by atoms with Gasteiger partial charge in [-0.2, -0.15) is 0 Å². The first-order valence-electron chi connectivity index (χ1n) is 8.10. The summed E-state index contributed by atoms with van der Waals surface area (Å²) in [6.07, 6.45) is 7.15. The number of aromatic nitrogens is 4. The van der Waals surface area contributed by atoms with Crippen molar-refractivity contribution in [3.8, 4) is 0 Å². The third kappa shape index (κ3) is 3.01. The summed E-state index contributed by atoms with van der Waals surface area (Å²) in [4.78, 5) is 25.6. The van der Waals surface area contributed by atoms with E-state index in [1.165, 1.54) is 0 Å². The molecule has 0 fully saturated rings. The van der Waals surface area contributed by atoms with Gasteiger partial charge in [-0.3, -0.25) is 4.79 Å². The summed E-state index contributed by atoms with van der Waals surface area (Å²) in [7, 11) is 4.06. The van der Waals surface area contributed by atoms with Gasteiger partial charge in [0.2, 0.25) is 0 Å². The average molecular weight is 359 g/mol. The van der Waals surface area contributed by atoms with E-state index < -0.39 is 0 Å². The monoisotopic (exact) mass is 358 g/mol. The molecule has 4 rings (SSSR count). The van der Waals surface area contributed by atoms with Crippen molar-refractivity contribution in [2.45, 2.75) is 12.6 Å². The maximum absolute atomic E-state index is 13.0. The van der Waals surface area contributed by atoms with Crippen molar-refractivity contribution in [2.75, 3.05) is 27.2 Å². The minimum Gasteiger partial charge on any atom is -0.329 e. The molecule has 7 nitrogen and oxygen atoms in total. The molecule has 0 spiro atoms. The van der Waals surface area contributed by atoms with Gasteiger partial charge in [-0.1, -0.05) is 11.6 Å². The Morgan fingerprint density at radius 3 is 3.00 bits per heavy atom. The predicted molar refractivity (Wildman–Crippen MR) is 94.8 cm³/mol. The molecule has 3 aromatic heterocycles. The van der Waals surface area contributed by atoms with E-state index in [0.717, 1.165) is 12.2 Å². The summed E-state index contributed by atoms with van der Waals surface area (Å²) in [6.45, 7) is 2.01. The number of carbonyl (C=O) groups is 1. The van der Waals surface area contributed by atoms with Gasteiger partial charge in [-0.05, 0) is 26.2 Å². The predicted octanol–water partition coefficient (Wildman–Crippen LogP) is 1.94. The van der Waals surface area contributed by atoms with Gasteiger partial charge >= 0.3 is 0 Å². The Bertz CT molecular complexity index is 930. The molecule has 0 aromatic carbocycles. The maximum Gasteiger partial charge on any atom is 0.274 e. The smallest absolute Gasteiger partial charge is 0.274 e. The molecule has 0 saturated carbocycles. The van der Waals surface area contributed by atoms with Crippen molar-refractivity contribution in [2.24, 2.45) is 0 Å². The first kappa shape index (κ1) is 16.1. The minimum atomic E-state index is -0.0731. The van der Waals surface area contributed by atoms with Crippen LogP contribution < -0.4 is 0 Å². The lowest BCUT2D eigenvalue weighted by Gasteiger charge is -2.35. The van der Waals surface area contributed by atoms with Gasteiger partial charge in [0.05, 0.1) is 29.6 Å². The highest BCUT2D eigenvalue weighted by Crippen LogP contribution is 2.23. The zero-order valence-electron chi connectivity index (χ0n) is 14.1. The second kappa shape index (κ2) is 6.16. The normalized spacial score (nSPS) is 17.3. The highest BCUT2D eigenvalue weighted by Gasteiger charge is 2.29. The highest BCUT2D eigenvalue weighted by molar-refractivity contribution is 6.30. The van der Waals surface area contributed by atoms with Crippen LogP contribution >= 0.6 is 11.6 Å². The number of hydrogen-bond donors (Lipinski definition) is 0. The lowest BCUT2D eigenvalue weighted by Crippen LogP contribution is -2.43. The van der Waals surface area contributed by atoms with E-state index in [9.17, 15) is 4.79 Å². The number of nitrogens with zero attached hydrogens (tertiary/aromatic N) is 6. The number of imidazole rings is 2. The van der Waals surface area contributed by atoms with Crippen molar-refractivity contribution >= 4 is 23.2 Å². The third-order valence-corrected chi connectivity index (χ3v) is 4.64. The Balaban J connectivity index is 1.63. The molecule has 25 heavy (non-hydrogen) atoms. The van der Waals surface area contributed by atoms with Crippen LogP contribution in [0.3, 0.4) is 0 Å². The average Bonchev–Trinajstić information content (AvgIpc) is 3.19. The van der Waals surface area contributed by atoms with Crippen LogP contribution in [-0.4, -0.2) is 61.8 Å². The second-order valence-corrected chi connectivity index (χ2v) is 7.07. The number of hydrogen-bond acceptors (Lipinski definition) is 4. The first-order chi connectivity index (χ1) is 12.0. The number of fused-ring (bicyclic) bond motifs is 2. The second-order valence-electron chi connectivity index (χ2n) is 6.63. The fourth-order valence-corrected chi connectivity index (χ4v) is 3.51. The van der Waals surface area contributed by atoms with Crippen LogP contribution in [0.25, 0.3) is 5.65 Å². The molecule has 1 amide bonds. The van der Waals surface area contributed by atoms with Crippen LogP contribution in [0.2, 0.25) is 5.02 Å². The Hall–Kier alpha value is -2.38. The fraction of sp³-hybridized carbons (Fsp3) is 0.353. The number of likely N-dealkylation sites (N-methyl/N-ethyl adjacent to an activating group) is 1. The molecule has 130 valence electrons. The molecule has 0 bridgehead atoms. The molecule has 3 aromatic rings. The molecule has 1 atom stereocenters. The number of carbonyl (C=O) groups excluding carboxylic acids is 1. The Labute approximate surface area is 150 Å². The third-order valence-electron chi connectivity index (χ3n) is 4.42. The standard InChI is InChI=1S/C17H19ClN6O/c1-21(2)7-14-9-23(8-13-5-19-11-24(13)14)17(25)15-10-22-6-12(18)3-4-16(22)20-15/h3-6,10-11,14H,7-9H2,1-2H3. The maximum atomic E-state index is 13.0. The van der Waals surface area contributed by atoms with Gasteiger partial charge in [0.25, 0.3) is 5.91 Å². The molecule has 0 aliphatic carbocycles. The van der Waals surface area contributed by atoms with E-state index in [1.807, 2.05) is 31.5 Å². The van der Waals surface area contributed by atoms with E-state index in [0.29, 0.717) is 29.5 Å². The van der Waals surface area contributed by atoms with Crippen molar-refractivity contribution in [3.05, 3.63) is 53.5 Å². The molecular weight excluding hydrogens is 340 g/mol. The van der Waals surface area contributed by atoms with Crippen molar-refractivity contribution < 1.29 is 4.79 Å². The van der Waals surface area contributed by atoms with E-state index in [4.69, 9.17) is 11.6 Å². The van der Waals surface area contributed by atoms with Gasteiger partial charge in [0.15, 0.2) is 0 Å². The van der Waals surface area contributed by atoms with Gasteiger partial charge in [0, 0.05) is 31.7 Å². The Morgan fingerprint density at radius 1 is 1.36 bits per heavy atom. The van der Waals surface area contributed by atoms with Crippen LogP contribution in [0.5, 0.6) is 0 Å². The summed E-state index contributed by atoms with van der Waals surface area (Å²) < 4.78 is 3.94. The van der Waals surface area contributed by atoms with Crippen molar-refractivity contribution in [1.82, 2.24) is 28.7 Å². The number of pyridine rings is 1. The first-order valence-corrected chi connectivity index (χ1v) is 8.48. The summed E-state index contributed by atoms with van der Waals surface area (Å²) in [6, 6.07) is 3.75. The van der Waals surface area contributed by atoms with Gasteiger partial charge in [-0.25, -0.2) is 9.97 Å². The van der Waals surface area contributed by atoms with E-state index in [2.05, 4.69) is 19.4 Å². The van der Waals surface area contributed by atoms with Crippen molar-refractivity contribution in [3.63, 3.8) is 0 Å². The molecule has 1 aliphatic heterocycles. The van der Waals surface area contributed by atoms with Crippen LogP contribution in [-0.2, 0) is 6.54 Å². The quantitative estimate of drug-likeness (QED) is 0.718. The van der Waals surface area contributed by atoms with Crippen LogP contribution in [0.15, 0.2) is 37.1 Å². The molecule has 0 N–H and O–H groups in total. The highest BCUT2D eigenvalue weighted by atomic mass is 35.5. The SMILES string of the molecule is CN(C)CC1CN(C(=O)c2cn3cc(Cl)ccc3n2)Cc2cncn21. The van der Waals surface area contributed by atoms with Gasteiger partial charge in [0.1, 0.15) is 11.3 Å². The lowest BCUT2D eigenvalue weighted by atomic mass is 10.1. The van der Waals surface area contributed by atoms with E-state index >= 15 is 0 Å². The summed E-state index contributed by atoms with van der Waals surface area (Å²) >= 11 is 6.01. The molecule has 8 heteroatoms. The zero-order valence-corrected chi connectivity index (χ0v) is 14.9. The van der Waals surface area contributed by atoms with Crippen LogP contribution in [0.4, 0.5) is 0 Å². The number of amides is 1. The largest absolute Gasteiger partial charge is 0.329 e. The van der Waals surface area contributed by atoms with Crippen molar-refractivity contribution in [1.29, 1.82) is 0 Å². The Morgan fingerprint density at radius 2 is 2.20 bits per heavy atom. The summed E-state index contributed by atoms with van der Waals surface area (Å²) in [5.74, 6) is -0.0731. The summed E-state index contributed by atoms with van der Waals surface area (Å²) in [5.41, 5.74) is 2.18. The molecule has 0 saturated heterocycles. The minimum absolute atomic E-state index is 0.0731. The van der Waals surface area contributed by atoms with E-state index in [1.54, 1.807) is 28.9 Å². The topological polar surface area (TPSA) is 58.7 Å². The molecular formula is C17H19ClN6O. The number of halogens is 1. The zero-order chi connectivity index (χ0) is 17.6. The molecule has 4 heterocycles. The summed E-state index contributed by atoms with van der Waals surface area (Å²) in [5, 5.41) is 0.608. The lowest BCUT2D eigenvalue weighted by molar-refractivity contribution is 0.0658. The molecule has 0 radical (unpaired) electrons. The molecule has 1 unspecified atom stereocenters.